The Morgan fingerprint density at radius 2 is 1.90 bits per heavy atom. The number of fused-ring (bicyclic) bond motifs is 1. The lowest BCUT2D eigenvalue weighted by Gasteiger charge is -2.06. The summed E-state index contributed by atoms with van der Waals surface area (Å²) in [5.41, 5.74) is 2.87. The van der Waals surface area contributed by atoms with Gasteiger partial charge in [-0.3, -0.25) is 0 Å². The Morgan fingerprint density at radius 1 is 1.03 bits per heavy atom. The number of rotatable bonds is 4. The molecule has 0 saturated heterocycles. The summed E-state index contributed by atoms with van der Waals surface area (Å²) in [7, 11) is 0. The number of para-hydroxylation sites is 1. The van der Waals surface area contributed by atoms with Gasteiger partial charge in [-0.15, -0.1) is 22.7 Å². The van der Waals surface area contributed by atoms with Crippen LogP contribution in [0.25, 0.3) is 10.6 Å². The highest BCUT2D eigenvalue weighted by Gasteiger charge is 2.15. The lowest BCUT2D eigenvalue weighted by Crippen LogP contribution is -2.13. The van der Waals surface area contributed by atoms with Crippen LogP contribution < -0.4 is 14.3 Å². The minimum atomic E-state index is -0.369. The van der Waals surface area contributed by atoms with E-state index in [-0.39, 0.29) is 18.3 Å². The average Bonchev–Trinajstić information content (AvgIpc) is 3.50. The second kappa shape index (κ2) is 7.89. The van der Waals surface area contributed by atoms with Gasteiger partial charge < -0.3 is 9.47 Å². The van der Waals surface area contributed by atoms with Crippen LogP contribution in [0.4, 0.5) is 10.1 Å². The molecule has 2 aromatic heterocycles. The van der Waals surface area contributed by atoms with Gasteiger partial charge in [0, 0.05) is 10.9 Å². The summed E-state index contributed by atoms with van der Waals surface area (Å²) in [5, 5.41) is 8.84. The second-order valence-corrected chi connectivity index (χ2v) is 8.29. The van der Waals surface area contributed by atoms with Gasteiger partial charge in [-0.05, 0) is 48.7 Å². The second-order valence-electron chi connectivity index (χ2n) is 6.51. The molecule has 0 bridgehead atoms. The van der Waals surface area contributed by atoms with E-state index in [0.717, 1.165) is 27.6 Å². The molecule has 0 aliphatic carbocycles. The zero-order valence-corrected chi connectivity index (χ0v) is 17.5. The minimum Gasteiger partial charge on any atom is -0.454 e. The smallest absolute Gasteiger partial charge is 0.231 e. The zero-order valence-electron chi connectivity index (χ0n) is 15.9. The Bertz CT molecular complexity index is 1310. The van der Waals surface area contributed by atoms with Crippen molar-refractivity contribution in [1.29, 1.82) is 0 Å². The summed E-state index contributed by atoms with van der Waals surface area (Å²) in [4.78, 5) is 6.18. The van der Waals surface area contributed by atoms with E-state index in [0.29, 0.717) is 10.6 Å². The highest BCUT2D eigenvalue weighted by Crippen LogP contribution is 2.33. The summed E-state index contributed by atoms with van der Waals surface area (Å²) in [6.07, 6.45) is 0. The first-order valence-electron chi connectivity index (χ1n) is 9.18. The van der Waals surface area contributed by atoms with Gasteiger partial charge in [-0.1, -0.05) is 18.2 Å². The van der Waals surface area contributed by atoms with Crippen molar-refractivity contribution in [3.05, 3.63) is 81.5 Å². The molecule has 3 heterocycles. The zero-order chi connectivity index (χ0) is 20.5. The van der Waals surface area contributed by atoms with Gasteiger partial charge in [0.2, 0.25) is 11.6 Å². The number of hydrogen-bond donors (Lipinski definition) is 0. The average molecular weight is 438 g/mol. The fourth-order valence-electron chi connectivity index (χ4n) is 3.04. The van der Waals surface area contributed by atoms with Gasteiger partial charge >= 0.3 is 0 Å². The quantitative estimate of drug-likeness (QED) is 0.387. The highest BCUT2D eigenvalue weighted by atomic mass is 32.1. The maximum absolute atomic E-state index is 14.2. The fraction of sp³-hybridized carbons (Fsp3) is 0.0909. The van der Waals surface area contributed by atoms with Crippen LogP contribution in [0.5, 0.6) is 11.5 Å². The van der Waals surface area contributed by atoms with Crippen molar-refractivity contribution in [2.24, 2.45) is 10.1 Å². The van der Waals surface area contributed by atoms with Gasteiger partial charge in [0.05, 0.1) is 16.3 Å². The number of aromatic nitrogens is 1. The van der Waals surface area contributed by atoms with Crippen molar-refractivity contribution in [3.63, 3.8) is 0 Å². The van der Waals surface area contributed by atoms with Crippen molar-refractivity contribution in [2.45, 2.75) is 6.92 Å². The molecule has 0 amide bonds. The lowest BCUT2D eigenvalue weighted by molar-refractivity contribution is 0.174. The Morgan fingerprint density at radius 3 is 2.73 bits per heavy atom. The molecule has 150 valence electrons. The molecule has 8 heteroatoms. The Hall–Kier alpha value is -3.23. The first kappa shape index (κ1) is 18.8. The lowest BCUT2D eigenvalue weighted by atomic mass is 10.1. The molecule has 0 saturated carbocycles. The third-order valence-corrected chi connectivity index (χ3v) is 6.28. The molecular weight excluding hydrogens is 421 g/mol. The van der Waals surface area contributed by atoms with Crippen LogP contribution in [0, 0.1) is 5.82 Å². The van der Waals surface area contributed by atoms with Crippen LogP contribution in [-0.2, 0) is 0 Å². The minimum absolute atomic E-state index is 0.225. The van der Waals surface area contributed by atoms with Gasteiger partial charge in [0.1, 0.15) is 11.5 Å². The van der Waals surface area contributed by atoms with Crippen molar-refractivity contribution in [2.75, 3.05) is 6.79 Å². The van der Waals surface area contributed by atoms with E-state index in [1.807, 2.05) is 48.0 Å². The van der Waals surface area contributed by atoms with E-state index >= 15 is 0 Å². The maximum atomic E-state index is 14.2. The van der Waals surface area contributed by atoms with Crippen LogP contribution in [0.1, 0.15) is 12.5 Å². The number of hydrogen-bond acceptors (Lipinski definition) is 6. The van der Waals surface area contributed by atoms with Gasteiger partial charge in [0.25, 0.3) is 0 Å². The summed E-state index contributed by atoms with van der Waals surface area (Å²) in [6.45, 7) is 2.15. The molecule has 1 aliphatic rings. The first-order chi connectivity index (χ1) is 14.7. The van der Waals surface area contributed by atoms with Crippen LogP contribution in [0.3, 0.4) is 0 Å². The predicted molar refractivity (Wildman–Crippen MR) is 117 cm³/mol. The molecule has 1 aliphatic heterocycles. The SMILES string of the molecule is CC(=Nn1c(-c2cccs2)csc1=Nc1ccccc1F)c1ccc2c(c1)OCO2. The van der Waals surface area contributed by atoms with Crippen molar-refractivity contribution in [1.82, 2.24) is 4.68 Å². The van der Waals surface area contributed by atoms with Crippen LogP contribution in [-0.4, -0.2) is 17.2 Å². The number of thiophene rings is 1. The fourth-order valence-corrected chi connectivity index (χ4v) is 4.68. The predicted octanol–water partition coefficient (Wildman–Crippen LogP) is 5.65. The van der Waals surface area contributed by atoms with Gasteiger partial charge in [-0.25, -0.2) is 14.1 Å². The molecular formula is C22H16FN3O2S2. The molecule has 0 N–H and O–H groups in total. The number of benzene rings is 2. The van der Waals surface area contributed by atoms with E-state index in [1.54, 1.807) is 34.2 Å². The molecule has 5 rings (SSSR count). The highest BCUT2D eigenvalue weighted by molar-refractivity contribution is 7.14. The Balaban J connectivity index is 1.65. The molecule has 5 nitrogen and oxygen atoms in total. The summed E-state index contributed by atoms with van der Waals surface area (Å²) >= 11 is 3.04. The van der Waals surface area contributed by atoms with E-state index in [4.69, 9.17) is 14.6 Å². The molecule has 0 spiro atoms. The molecule has 2 aromatic carbocycles. The topological polar surface area (TPSA) is 48.1 Å². The van der Waals surface area contributed by atoms with Crippen LogP contribution >= 0.6 is 22.7 Å². The standard InChI is InChI=1S/C22H16FN3O2S2/c1-14(15-8-9-19-20(11-15)28-13-27-19)25-26-18(21-7-4-10-29-21)12-30-22(26)24-17-6-3-2-5-16(17)23/h2-12H,13H2,1H3. The van der Waals surface area contributed by atoms with Gasteiger partial charge in [0.15, 0.2) is 11.5 Å². The molecule has 0 radical (unpaired) electrons. The molecule has 30 heavy (non-hydrogen) atoms. The Labute approximate surface area is 180 Å². The number of halogens is 1. The summed E-state index contributed by atoms with van der Waals surface area (Å²) in [5.74, 6) is 1.06. The van der Waals surface area contributed by atoms with Crippen LogP contribution in [0.15, 0.2) is 75.5 Å². The third-order valence-electron chi connectivity index (χ3n) is 4.57. The monoisotopic (exact) mass is 437 g/mol. The Kier molecular flexibility index (Phi) is 4.94. The van der Waals surface area contributed by atoms with Crippen molar-refractivity contribution < 1.29 is 13.9 Å². The van der Waals surface area contributed by atoms with Crippen molar-refractivity contribution >= 4 is 34.1 Å². The third kappa shape index (κ3) is 3.55. The molecule has 0 fully saturated rings. The summed E-state index contributed by atoms with van der Waals surface area (Å²) < 4.78 is 26.8. The van der Waals surface area contributed by atoms with E-state index in [1.165, 1.54) is 17.4 Å². The largest absolute Gasteiger partial charge is 0.454 e. The maximum Gasteiger partial charge on any atom is 0.231 e. The molecule has 4 aromatic rings. The number of ether oxygens (including phenoxy) is 2. The first-order valence-corrected chi connectivity index (χ1v) is 10.9. The molecule has 0 atom stereocenters. The number of thiazole rings is 1. The number of nitrogens with zero attached hydrogens (tertiary/aromatic N) is 3. The van der Waals surface area contributed by atoms with Crippen LogP contribution in [0.2, 0.25) is 0 Å². The van der Waals surface area contributed by atoms with Crippen molar-refractivity contribution in [3.8, 4) is 22.1 Å². The van der Waals surface area contributed by atoms with E-state index < -0.39 is 0 Å². The van der Waals surface area contributed by atoms with E-state index in [9.17, 15) is 4.39 Å². The normalized spacial score (nSPS) is 13.8. The summed E-state index contributed by atoms with van der Waals surface area (Å²) in [6, 6.07) is 16.2. The van der Waals surface area contributed by atoms with Gasteiger partial charge in [-0.2, -0.15) is 5.10 Å². The van der Waals surface area contributed by atoms with E-state index in [2.05, 4.69) is 4.99 Å². The molecule has 0 unspecified atom stereocenters.